The fourth-order valence-electron chi connectivity index (χ4n) is 4.11. The van der Waals surface area contributed by atoms with E-state index >= 15 is 0 Å². The molecule has 0 saturated carbocycles. The van der Waals surface area contributed by atoms with Crippen molar-refractivity contribution in [3.05, 3.63) is 75.9 Å². The number of furan rings is 1. The van der Waals surface area contributed by atoms with Crippen LogP contribution in [0.5, 0.6) is 5.75 Å². The van der Waals surface area contributed by atoms with Crippen LogP contribution in [-0.2, 0) is 22.6 Å². The molecule has 2 aromatic heterocycles. The van der Waals surface area contributed by atoms with Gasteiger partial charge in [0.15, 0.2) is 0 Å². The van der Waals surface area contributed by atoms with E-state index in [9.17, 15) is 9.59 Å². The molecule has 2 amide bonds. The monoisotopic (exact) mass is 466 g/mol. The lowest BCUT2D eigenvalue weighted by atomic mass is 10.00. The van der Waals surface area contributed by atoms with Crippen LogP contribution in [0.15, 0.2) is 58.5 Å². The number of hydrogen-bond acceptors (Lipinski definition) is 5. The van der Waals surface area contributed by atoms with Gasteiger partial charge in [0.1, 0.15) is 24.7 Å². The Hall–Kier alpha value is -3.06. The highest BCUT2D eigenvalue weighted by Crippen LogP contribution is 2.34. The van der Waals surface area contributed by atoms with Gasteiger partial charge in [0.25, 0.3) is 0 Å². The SMILES string of the molecule is Cc1ccc(OC[C@H]2c3ccsc3CCN2C(=O)CN(Cc2ccco2)C(=O)C(C)C)cc1. The average molecular weight is 467 g/mol. The normalized spacial score (nSPS) is 15.4. The summed E-state index contributed by atoms with van der Waals surface area (Å²) >= 11 is 1.72. The first-order chi connectivity index (χ1) is 15.9. The van der Waals surface area contributed by atoms with Crippen LogP contribution in [0.4, 0.5) is 0 Å². The Kier molecular flexibility index (Phi) is 7.18. The van der Waals surface area contributed by atoms with Gasteiger partial charge in [-0.2, -0.15) is 0 Å². The second kappa shape index (κ2) is 10.3. The van der Waals surface area contributed by atoms with Crippen LogP contribution in [0.2, 0.25) is 0 Å². The molecule has 174 valence electrons. The lowest BCUT2D eigenvalue weighted by molar-refractivity contribution is -0.145. The van der Waals surface area contributed by atoms with Crippen LogP contribution in [0.25, 0.3) is 0 Å². The quantitative estimate of drug-likeness (QED) is 0.477. The lowest BCUT2D eigenvalue weighted by Crippen LogP contribution is -2.48. The standard InChI is InChI=1S/C26H30N2O4S/c1-18(2)26(30)27(15-21-5-4-13-31-21)16-25(29)28-12-10-24-22(11-14-33-24)23(28)17-32-20-8-6-19(3)7-9-20/h4-9,11,13-14,18,23H,10,12,15-17H2,1-3H3/t23-/m0/s1. The van der Waals surface area contributed by atoms with Crippen LogP contribution < -0.4 is 4.74 Å². The molecule has 1 aromatic carbocycles. The topological polar surface area (TPSA) is 63.0 Å². The van der Waals surface area contributed by atoms with Gasteiger partial charge in [-0.25, -0.2) is 0 Å². The predicted octanol–water partition coefficient (Wildman–Crippen LogP) is 4.84. The summed E-state index contributed by atoms with van der Waals surface area (Å²) in [6.45, 7) is 7.00. The van der Waals surface area contributed by atoms with E-state index in [0.717, 1.165) is 17.7 Å². The average Bonchev–Trinajstić information content (AvgIpc) is 3.49. The largest absolute Gasteiger partial charge is 0.491 e. The molecule has 4 rings (SSSR count). The number of fused-ring (bicyclic) bond motifs is 1. The molecule has 0 aliphatic carbocycles. The Morgan fingerprint density at radius 2 is 2.00 bits per heavy atom. The molecule has 0 N–H and O–H groups in total. The van der Waals surface area contributed by atoms with Crippen LogP contribution >= 0.6 is 11.3 Å². The molecule has 6 nitrogen and oxygen atoms in total. The summed E-state index contributed by atoms with van der Waals surface area (Å²) in [5.74, 6) is 1.09. The van der Waals surface area contributed by atoms with Gasteiger partial charge in [-0.15, -0.1) is 11.3 Å². The van der Waals surface area contributed by atoms with E-state index < -0.39 is 0 Å². The molecule has 3 aromatic rings. The van der Waals surface area contributed by atoms with E-state index in [1.54, 1.807) is 28.6 Å². The van der Waals surface area contributed by atoms with Crippen molar-refractivity contribution in [1.82, 2.24) is 9.80 Å². The highest BCUT2D eigenvalue weighted by Gasteiger charge is 2.34. The van der Waals surface area contributed by atoms with Crippen LogP contribution in [-0.4, -0.2) is 41.3 Å². The van der Waals surface area contributed by atoms with Crippen molar-refractivity contribution in [2.45, 2.75) is 39.8 Å². The van der Waals surface area contributed by atoms with E-state index in [0.29, 0.717) is 18.9 Å². The zero-order valence-corrected chi connectivity index (χ0v) is 20.1. The summed E-state index contributed by atoms with van der Waals surface area (Å²) in [4.78, 5) is 31.1. The Bertz CT molecular complexity index is 1070. The van der Waals surface area contributed by atoms with E-state index in [-0.39, 0.29) is 36.9 Å². The van der Waals surface area contributed by atoms with Gasteiger partial charge < -0.3 is 19.0 Å². The molecule has 33 heavy (non-hydrogen) atoms. The third-order valence-corrected chi connectivity index (χ3v) is 6.90. The Morgan fingerprint density at radius 3 is 2.70 bits per heavy atom. The first-order valence-electron chi connectivity index (χ1n) is 11.3. The minimum Gasteiger partial charge on any atom is -0.491 e. The first-order valence-corrected chi connectivity index (χ1v) is 12.2. The first kappa shape index (κ1) is 23.1. The van der Waals surface area contributed by atoms with Gasteiger partial charge in [-0.3, -0.25) is 9.59 Å². The molecule has 1 aliphatic rings. The van der Waals surface area contributed by atoms with Gasteiger partial charge in [0.05, 0.1) is 18.8 Å². The smallest absolute Gasteiger partial charge is 0.242 e. The second-order valence-electron chi connectivity index (χ2n) is 8.70. The number of hydrogen-bond donors (Lipinski definition) is 0. The predicted molar refractivity (Wildman–Crippen MR) is 128 cm³/mol. The summed E-state index contributed by atoms with van der Waals surface area (Å²) in [5.41, 5.74) is 2.31. The van der Waals surface area contributed by atoms with Gasteiger partial charge in [0.2, 0.25) is 11.8 Å². The number of amides is 2. The third-order valence-electron chi connectivity index (χ3n) is 5.90. The zero-order chi connectivity index (χ0) is 23.4. The van der Waals surface area contributed by atoms with E-state index in [1.807, 2.05) is 56.0 Å². The van der Waals surface area contributed by atoms with Crippen molar-refractivity contribution in [1.29, 1.82) is 0 Å². The molecule has 0 unspecified atom stereocenters. The fourth-order valence-corrected chi connectivity index (χ4v) is 5.03. The molecule has 1 aliphatic heterocycles. The molecule has 1 atom stereocenters. The fraction of sp³-hybridized carbons (Fsp3) is 0.385. The van der Waals surface area contributed by atoms with Crippen molar-refractivity contribution in [3.63, 3.8) is 0 Å². The molecule has 0 saturated heterocycles. The van der Waals surface area contributed by atoms with Crippen molar-refractivity contribution in [2.75, 3.05) is 19.7 Å². The number of carbonyl (C=O) groups excluding carboxylic acids is 2. The summed E-state index contributed by atoms with van der Waals surface area (Å²) in [7, 11) is 0. The number of thiophene rings is 1. The van der Waals surface area contributed by atoms with Gasteiger partial charge in [-0.1, -0.05) is 31.5 Å². The summed E-state index contributed by atoms with van der Waals surface area (Å²) in [6, 6.07) is 13.4. The van der Waals surface area contributed by atoms with Gasteiger partial charge >= 0.3 is 0 Å². The number of rotatable bonds is 8. The highest BCUT2D eigenvalue weighted by atomic mass is 32.1. The van der Waals surface area contributed by atoms with Crippen LogP contribution in [0.3, 0.4) is 0 Å². The van der Waals surface area contributed by atoms with Gasteiger partial charge in [-0.05, 0) is 54.6 Å². The Balaban J connectivity index is 1.51. The number of aryl methyl sites for hydroxylation is 1. The van der Waals surface area contributed by atoms with Crippen LogP contribution in [0.1, 0.15) is 41.7 Å². The molecule has 0 bridgehead atoms. The maximum atomic E-state index is 13.5. The molecule has 0 radical (unpaired) electrons. The number of carbonyl (C=O) groups is 2. The highest BCUT2D eigenvalue weighted by molar-refractivity contribution is 7.10. The summed E-state index contributed by atoms with van der Waals surface area (Å²) < 4.78 is 11.5. The Labute approximate surface area is 198 Å². The van der Waals surface area contributed by atoms with E-state index in [2.05, 4.69) is 11.4 Å². The lowest BCUT2D eigenvalue weighted by Gasteiger charge is -2.37. The molecule has 3 heterocycles. The molecule has 0 fully saturated rings. The van der Waals surface area contributed by atoms with Crippen LogP contribution in [0, 0.1) is 12.8 Å². The Morgan fingerprint density at radius 1 is 1.21 bits per heavy atom. The molecular weight excluding hydrogens is 436 g/mol. The number of benzene rings is 1. The molecular formula is C26H30N2O4S. The van der Waals surface area contributed by atoms with E-state index in [4.69, 9.17) is 9.15 Å². The number of nitrogens with zero attached hydrogens (tertiary/aromatic N) is 2. The van der Waals surface area contributed by atoms with Crippen molar-refractivity contribution >= 4 is 23.2 Å². The maximum Gasteiger partial charge on any atom is 0.242 e. The molecule has 0 spiro atoms. The van der Waals surface area contributed by atoms with E-state index in [1.165, 1.54) is 10.4 Å². The summed E-state index contributed by atoms with van der Waals surface area (Å²) in [5, 5.41) is 2.07. The van der Waals surface area contributed by atoms with Crippen molar-refractivity contribution in [3.8, 4) is 5.75 Å². The second-order valence-corrected chi connectivity index (χ2v) is 9.71. The maximum absolute atomic E-state index is 13.5. The molecule has 7 heteroatoms. The zero-order valence-electron chi connectivity index (χ0n) is 19.3. The number of ether oxygens (including phenoxy) is 1. The third kappa shape index (κ3) is 5.47. The minimum absolute atomic E-state index is 0.0121. The van der Waals surface area contributed by atoms with Crippen molar-refractivity contribution < 1.29 is 18.7 Å². The van der Waals surface area contributed by atoms with Gasteiger partial charge in [0, 0.05) is 17.3 Å². The minimum atomic E-state index is -0.210. The van der Waals surface area contributed by atoms with Crippen molar-refractivity contribution in [2.24, 2.45) is 5.92 Å². The summed E-state index contributed by atoms with van der Waals surface area (Å²) in [6.07, 6.45) is 2.40.